The van der Waals surface area contributed by atoms with Crippen molar-refractivity contribution in [2.45, 2.75) is 31.7 Å². The summed E-state index contributed by atoms with van der Waals surface area (Å²) in [7, 11) is 3.57. The number of alkyl halides is 3. The number of benzene rings is 3. The van der Waals surface area contributed by atoms with E-state index < -0.39 is 17.4 Å². The first kappa shape index (κ1) is 29.3. The van der Waals surface area contributed by atoms with Gasteiger partial charge in [-0.3, -0.25) is 14.0 Å². The van der Waals surface area contributed by atoms with Gasteiger partial charge in [0.05, 0.1) is 36.5 Å². The molecule has 43 heavy (non-hydrogen) atoms. The van der Waals surface area contributed by atoms with Crippen LogP contribution in [0.1, 0.15) is 29.2 Å². The Kier molecular flexibility index (Phi) is 7.95. The summed E-state index contributed by atoms with van der Waals surface area (Å²) < 4.78 is 65.5. The van der Waals surface area contributed by atoms with Crippen molar-refractivity contribution in [1.29, 1.82) is 0 Å². The molecule has 0 N–H and O–H groups in total. The first-order valence-electron chi connectivity index (χ1n) is 14.5. The Morgan fingerprint density at radius 2 is 1.60 bits per heavy atom. The van der Waals surface area contributed by atoms with Crippen LogP contribution in [0.15, 0.2) is 65.5 Å². The minimum atomic E-state index is -4.56. The molecule has 0 unspecified atom stereocenters. The van der Waals surface area contributed by atoms with Gasteiger partial charge in [-0.25, -0.2) is 9.18 Å². The highest BCUT2D eigenvalue weighted by molar-refractivity contribution is 5.83. The fraction of sp³-hybridized carbons (Fsp3) is 0.406. The first-order chi connectivity index (χ1) is 20.7. The fourth-order valence-electron chi connectivity index (χ4n) is 6.52. The Bertz CT molecular complexity index is 1670. The number of nitrogens with zero attached hydrogens (tertiary/aromatic N) is 5. The van der Waals surface area contributed by atoms with E-state index in [0.717, 1.165) is 37.8 Å². The largest absolute Gasteiger partial charge is 0.494 e. The number of ether oxygens (including phenoxy) is 1. The number of piperazine rings is 1. The van der Waals surface area contributed by atoms with Crippen molar-refractivity contribution in [1.82, 2.24) is 18.9 Å². The smallest absolute Gasteiger partial charge is 0.416 e. The maximum Gasteiger partial charge on any atom is 0.416 e. The molecule has 3 heterocycles. The Morgan fingerprint density at radius 3 is 2.35 bits per heavy atom. The van der Waals surface area contributed by atoms with Crippen LogP contribution in [0.25, 0.3) is 11.0 Å². The highest BCUT2D eigenvalue weighted by atomic mass is 19.4. The predicted octanol–water partition coefficient (Wildman–Crippen LogP) is 5.22. The third-order valence-electron chi connectivity index (χ3n) is 8.72. The van der Waals surface area contributed by atoms with Gasteiger partial charge in [-0.05, 0) is 48.9 Å². The van der Waals surface area contributed by atoms with Crippen molar-refractivity contribution in [2.24, 2.45) is 0 Å². The van der Waals surface area contributed by atoms with E-state index in [1.807, 2.05) is 11.0 Å². The molecular formula is C32H35F4N5O2. The third-order valence-corrected chi connectivity index (χ3v) is 8.72. The zero-order valence-electron chi connectivity index (χ0n) is 24.3. The Labute approximate surface area is 247 Å². The Balaban J connectivity index is 1.35. The first-order valence-corrected chi connectivity index (χ1v) is 14.5. The Morgan fingerprint density at radius 1 is 0.884 bits per heavy atom. The summed E-state index contributed by atoms with van der Waals surface area (Å²) in [6.07, 6.45) is -3.98. The molecule has 0 spiro atoms. The molecule has 1 atom stereocenters. The van der Waals surface area contributed by atoms with Crippen molar-refractivity contribution < 1.29 is 22.3 Å². The summed E-state index contributed by atoms with van der Waals surface area (Å²) in [5.74, 6) is 0.101. The van der Waals surface area contributed by atoms with Gasteiger partial charge in [-0.15, -0.1) is 0 Å². The van der Waals surface area contributed by atoms with Gasteiger partial charge in [-0.2, -0.15) is 13.2 Å². The van der Waals surface area contributed by atoms with E-state index in [9.17, 15) is 18.0 Å². The minimum absolute atomic E-state index is 0.00462. The number of hydrogen-bond donors (Lipinski definition) is 0. The van der Waals surface area contributed by atoms with Gasteiger partial charge in [0.1, 0.15) is 17.1 Å². The standard InChI is InChI=1S/C32H35F4N5O2/c1-37-15-17-38(18-16-37)19-23-8-5-10-26(33)29(23)39-14-13-24(21-39)41-27-11-6-12-28(43-2)30(27)40(31(41)42)20-22-7-3-4-9-25(22)32(34,35)36/h3-12,24H,13-21H2,1-2H3/t24-/m1/s1. The molecule has 1 aromatic heterocycles. The summed E-state index contributed by atoms with van der Waals surface area (Å²) in [5.41, 5.74) is 1.27. The number of hydrogen-bond acceptors (Lipinski definition) is 5. The number of halogens is 4. The molecular weight excluding hydrogens is 562 g/mol. The SMILES string of the molecule is COc1cccc2c1n(Cc1ccccc1C(F)(F)F)c(=O)n2[C@@H]1CCN(c2c(F)cccc2CN2CCN(C)CC2)C1. The van der Waals surface area contributed by atoms with Crippen LogP contribution >= 0.6 is 0 Å². The maximum atomic E-state index is 15.4. The quantitative estimate of drug-likeness (QED) is 0.274. The van der Waals surface area contributed by atoms with Crippen LogP contribution in [0.2, 0.25) is 0 Å². The molecule has 4 aromatic rings. The third kappa shape index (κ3) is 5.63. The molecule has 2 fully saturated rings. The number of anilines is 1. The second-order valence-corrected chi connectivity index (χ2v) is 11.4. The van der Waals surface area contributed by atoms with Crippen molar-refractivity contribution in [2.75, 3.05) is 58.3 Å². The summed E-state index contributed by atoms with van der Waals surface area (Å²) >= 11 is 0. The molecule has 0 amide bonds. The molecule has 0 radical (unpaired) electrons. The number of fused-ring (bicyclic) bond motifs is 1. The lowest BCUT2D eigenvalue weighted by molar-refractivity contribution is -0.138. The summed E-state index contributed by atoms with van der Waals surface area (Å²) in [6, 6.07) is 15.4. The number of imidazole rings is 1. The predicted molar refractivity (Wildman–Crippen MR) is 158 cm³/mol. The molecule has 3 aromatic carbocycles. The number of aromatic nitrogens is 2. The molecule has 7 nitrogen and oxygen atoms in total. The van der Waals surface area contributed by atoms with E-state index in [2.05, 4.69) is 16.8 Å². The van der Waals surface area contributed by atoms with Crippen molar-refractivity contribution in [3.05, 3.63) is 93.7 Å². The average Bonchev–Trinajstić information content (AvgIpc) is 3.56. The zero-order chi connectivity index (χ0) is 30.3. The number of rotatable bonds is 7. The van der Waals surface area contributed by atoms with Gasteiger partial charge in [0.25, 0.3) is 0 Å². The van der Waals surface area contributed by atoms with Gasteiger partial charge < -0.3 is 14.5 Å². The summed E-state index contributed by atoms with van der Waals surface area (Å²) in [6.45, 7) is 5.04. The van der Waals surface area contributed by atoms with Crippen LogP contribution in [-0.4, -0.2) is 72.4 Å². The molecule has 228 valence electrons. The maximum absolute atomic E-state index is 15.4. The normalized spacial score (nSPS) is 18.6. The molecule has 2 saturated heterocycles. The topological polar surface area (TPSA) is 45.9 Å². The molecule has 11 heteroatoms. The van der Waals surface area contributed by atoms with E-state index in [4.69, 9.17) is 4.74 Å². The molecule has 0 bridgehead atoms. The molecule has 6 rings (SSSR count). The van der Waals surface area contributed by atoms with E-state index in [1.54, 1.807) is 28.8 Å². The van der Waals surface area contributed by atoms with E-state index in [0.29, 0.717) is 48.5 Å². The monoisotopic (exact) mass is 597 g/mol. The molecule has 2 aliphatic heterocycles. The molecule has 0 aliphatic carbocycles. The van der Waals surface area contributed by atoms with Crippen LogP contribution in [0.5, 0.6) is 5.75 Å². The van der Waals surface area contributed by atoms with Gasteiger partial charge in [0.15, 0.2) is 0 Å². The second kappa shape index (κ2) is 11.7. The molecule has 2 aliphatic rings. The van der Waals surface area contributed by atoms with Crippen LogP contribution in [0.4, 0.5) is 23.2 Å². The van der Waals surface area contributed by atoms with Crippen LogP contribution in [0.3, 0.4) is 0 Å². The Hall–Kier alpha value is -3.83. The number of likely N-dealkylation sites (N-methyl/N-ethyl adjacent to an activating group) is 1. The van der Waals surface area contributed by atoms with Crippen molar-refractivity contribution >= 4 is 16.7 Å². The van der Waals surface area contributed by atoms with Gasteiger partial charge in [-0.1, -0.05) is 36.4 Å². The summed E-state index contributed by atoms with van der Waals surface area (Å²) in [4.78, 5) is 20.7. The lowest BCUT2D eigenvalue weighted by Crippen LogP contribution is -2.44. The van der Waals surface area contributed by atoms with E-state index in [-0.39, 0.29) is 24.0 Å². The highest BCUT2D eigenvalue weighted by Gasteiger charge is 2.35. The molecule has 0 saturated carbocycles. The zero-order valence-corrected chi connectivity index (χ0v) is 24.3. The fourth-order valence-corrected chi connectivity index (χ4v) is 6.52. The highest BCUT2D eigenvalue weighted by Crippen LogP contribution is 2.36. The van der Waals surface area contributed by atoms with Crippen LogP contribution in [-0.2, 0) is 19.3 Å². The van der Waals surface area contributed by atoms with Crippen LogP contribution in [0, 0.1) is 5.82 Å². The van der Waals surface area contributed by atoms with Crippen molar-refractivity contribution in [3.8, 4) is 5.75 Å². The van der Waals surface area contributed by atoms with Gasteiger partial charge in [0, 0.05) is 45.8 Å². The van der Waals surface area contributed by atoms with Crippen molar-refractivity contribution in [3.63, 3.8) is 0 Å². The van der Waals surface area contributed by atoms with Crippen LogP contribution < -0.4 is 15.3 Å². The second-order valence-electron chi connectivity index (χ2n) is 11.4. The summed E-state index contributed by atoms with van der Waals surface area (Å²) in [5, 5.41) is 0. The number of para-hydroxylation sites is 2. The average molecular weight is 598 g/mol. The van der Waals surface area contributed by atoms with Gasteiger partial charge in [0.2, 0.25) is 0 Å². The number of methoxy groups -OCH3 is 1. The lowest BCUT2D eigenvalue weighted by atomic mass is 10.1. The van der Waals surface area contributed by atoms with Gasteiger partial charge >= 0.3 is 11.9 Å². The lowest BCUT2D eigenvalue weighted by Gasteiger charge is -2.33. The van der Waals surface area contributed by atoms with E-state index in [1.165, 1.54) is 35.9 Å². The van der Waals surface area contributed by atoms with E-state index >= 15 is 4.39 Å². The minimum Gasteiger partial charge on any atom is -0.494 e.